The number of hydrogen-bond donors (Lipinski definition) is 2. The number of methoxy groups -OCH3 is 2. The van der Waals surface area contributed by atoms with Gasteiger partial charge in [0, 0.05) is 23.4 Å². The second-order valence-electron chi connectivity index (χ2n) is 7.95. The fraction of sp³-hybridized carbons (Fsp3) is 0.409. The van der Waals surface area contributed by atoms with Gasteiger partial charge in [0.15, 0.2) is 11.5 Å². The van der Waals surface area contributed by atoms with Crippen LogP contribution in [0.1, 0.15) is 36.0 Å². The van der Waals surface area contributed by atoms with Crippen molar-refractivity contribution in [2.75, 3.05) is 18.9 Å². The molecule has 8 heteroatoms. The molecule has 3 atom stereocenters. The molecule has 1 amide bonds. The van der Waals surface area contributed by atoms with Crippen LogP contribution >= 0.6 is 0 Å². The van der Waals surface area contributed by atoms with Crippen LogP contribution in [-0.2, 0) is 10.0 Å². The highest BCUT2D eigenvalue weighted by atomic mass is 32.2. The first kappa shape index (κ1) is 20.5. The Kier molecular flexibility index (Phi) is 5.60. The number of carbonyl (C=O) groups excluding carboxylic acids is 1. The van der Waals surface area contributed by atoms with Crippen molar-refractivity contribution in [3.05, 3.63) is 48.0 Å². The van der Waals surface area contributed by atoms with E-state index in [0.29, 0.717) is 28.7 Å². The Morgan fingerprint density at radius 1 is 0.967 bits per heavy atom. The van der Waals surface area contributed by atoms with E-state index in [4.69, 9.17) is 9.47 Å². The van der Waals surface area contributed by atoms with Crippen molar-refractivity contribution in [2.24, 2.45) is 11.8 Å². The van der Waals surface area contributed by atoms with Gasteiger partial charge in [-0.05, 0) is 67.5 Å². The molecular formula is C22H26N2O5S. The van der Waals surface area contributed by atoms with Crippen LogP contribution in [0.2, 0.25) is 0 Å². The third-order valence-corrected chi connectivity index (χ3v) is 7.50. The zero-order chi connectivity index (χ0) is 21.3. The molecule has 0 aliphatic heterocycles. The molecule has 160 valence electrons. The van der Waals surface area contributed by atoms with Crippen molar-refractivity contribution in [2.45, 2.75) is 36.6 Å². The highest BCUT2D eigenvalue weighted by Gasteiger charge is 2.40. The van der Waals surface area contributed by atoms with E-state index in [0.717, 1.165) is 12.3 Å². The van der Waals surface area contributed by atoms with Crippen molar-refractivity contribution in [3.8, 4) is 11.5 Å². The molecule has 0 radical (unpaired) electrons. The Hall–Kier alpha value is -2.74. The average molecular weight is 431 g/mol. The van der Waals surface area contributed by atoms with Gasteiger partial charge in [-0.2, -0.15) is 0 Å². The van der Waals surface area contributed by atoms with Crippen molar-refractivity contribution in [1.82, 2.24) is 5.32 Å². The molecule has 4 rings (SSSR count). The van der Waals surface area contributed by atoms with Crippen LogP contribution in [0.3, 0.4) is 0 Å². The summed E-state index contributed by atoms with van der Waals surface area (Å²) in [7, 11) is -0.883. The maximum Gasteiger partial charge on any atom is 0.262 e. The third kappa shape index (κ3) is 4.09. The summed E-state index contributed by atoms with van der Waals surface area (Å²) in [4.78, 5) is 12.6. The molecule has 2 aliphatic rings. The van der Waals surface area contributed by atoms with Gasteiger partial charge in [0.05, 0.1) is 19.1 Å². The number of ether oxygens (including phenoxy) is 2. The predicted octanol–water partition coefficient (Wildman–Crippen LogP) is 3.42. The van der Waals surface area contributed by atoms with E-state index < -0.39 is 10.0 Å². The first-order valence-electron chi connectivity index (χ1n) is 10.1. The number of anilines is 1. The van der Waals surface area contributed by atoms with E-state index in [1.54, 1.807) is 24.3 Å². The van der Waals surface area contributed by atoms with E-state index in [9.17, 15) is 13.2 Å². The van der Waals surface area contributed by atoms with Gasteiger partial charge in [0.25, 0.3) is 15.9 Å². The molecule has 0 saturated heterocycles. The summed E-state index contributed by atoms with van der Waals surface area (Å²) >= 11 is 0. The molecule has 2 N–H and O–H groups in total. The quantitative estimate of drug-likeness (QED) is 0.702. The second-order valence-corrected chi connectivity index (χ2v) is 9.64. The van der Waals surface area contributed by atoms with Crippen LogP contribution in [0.5, 0.6) is 11.5 Å². The van der Waals surface area contributed by atoms with Crippen LogP contribution in [0, 0.1) is 11.8 Å². The zero-order valence-electron chi connectivity index (χ0n) is 17.1. The van der Waals surface area contributed by atoms with E-state index in [2.05, 4.69) is 10.0 Å². The summed E-state index contributed by atoms with van der Waals surface area (Å²) in [6, 6.07) is 11.1. The highest BCUT2D eigenvalue weighted by molar-refractivity contribution is 7.92. The number of hydrogen-bond acceptors (Lipinski definition) is 5. The first-order chi connectivity index (χ1) is 14.4. The summed E-state index contributed by atoms with van der Waals surface area (Å²) in [6.45, 7) is 0. The lowest BCUT2D eigenvalue weighted by Crippen LogP contribution is -2.38. The molecule has 30 heavy (non-hydrogen) atoms. The number of benzene rings is 2. The smallest absolute Gasteiger partial charge is 0.262 e. The van der Waals surface area contributed by atoms with E-state index in [-0.39, 0.29) is 16.8 Å². The molecule has 2 bridgehead atoms. The second kappa shape index (κ2) is 8.18. The van der Waals surface area contributed by atoms with Gasteiger partial charge < -0.3 is 14.8 Å². The van der Waals surface area contributed by atoms with Crippen molar-refractivity contribution in [3.63, 3.8) is 0 Å². The largest absolute Gasteiger partial charge is 0.493 e. The minimum absolute atomic E-state index is 0.0539. The molecule has 2 aromatic rings. The topological polar surface area (TPSA) is 93.7 Å². The predicted molar refractivity (Wildman–Crippen MR) is 113 cm³/mol. The molecule has 2 fully saturated rings. The molecule has 0 aromatic heterocycles. The Balaban J connectivity index is 1.43. The number of fused-ring (bicyclic) bond motifs is 2. The van der Waals surface area contributed by atoms with Gasteiger partial charge in [-0.15, -0.1) is 0 Å². The van der Waals surface area contributed by atoms with E-state index in [1.807, 2.05) is 0 Å². The standard InChI is InChI=1S/C22H26N2O5S/c1-28-20-10-9-18(13-21(20)29-2)30(26,27)24-17-7-5-15(6-8-17)22(25)23-19-12-14-3-4-16(19)11-14/h5-10,13-14,16,19,24H,3-4,11-12H2,1-2H3,(H,23,25)/t14-,16-,19-/m1/s1. The normalized spacial score (nSPS) is 22.5. The molecule has 7 nitrogen and oxygen atoms in total. The lowest BCUT2D eigenvalue weighted by atomic mass is 9.95. The highest BCUT2D eigenvalue weighted by Crippen LogP contribution is 2.44. The molecule has 0 spiro atoms. The van der Waals surface area contributed by atoms with Crippen LogP contribution in [0.4, 0.5) is 5.69 Å². The van der Waals surface area contributed by atoms with E-state index in [1.165, 1.54) is 51.7 Å². The monoisotopic (exact) mass is 430 g/mol. The molecule has 2 saturated carbocycles. The fourth-order valence-electron chi connectivity index (χ4n) is 4.56. The summed E-state index contributed by atoms with van der Waals surface area (Å²) in [5.74, 6) is 2.03. The summed E-state index contributed by atoms with van der Waals surface area (Å²) in [5.41, 5.74) is 0.896. The minimum atomic E-state index is -3.81. The van der Waals surface area contributed by atoms with Gasteiger partial charge in [0.1, 0.15) is 0 Å². The number of sulfonamides is 1. The van der Waals surface area contributed by atoms with Gasteiger partial charge in [-0.1, -0.05) is 6.42 Å². The Morgan fingerprint density at radius 2 is 1.70 bits per heavy atom. The Bertz CT molecular complexity index is 1040. The van der Waals surface area contributed by atoms with Gasteiger partial charge in [-0.3, -0.25) is 9.52 Å². The maximum absolute atomic E-state index is 12.7. The number of carbonyl (C=O) groups is 1. The third-order valence-electron chi connectivity index (χ3n) is 6.12. The van der Waals surface area contributed by atoms with Gasteiger partial charge in [-0.25, -0.2) is 8.42 Å². The first-order valence-corrected chi connectivity index (χ1v) is 11.5. The average Bonchev–Trinajstić information content (AvgIpc) is 3.36. The number of rotatable bonds is 7. The molecular weight excluding hydrogens is 404 g/mol. The van der Waals surface area contributed by atoms with Gasteiger partial charge >= 0.3 is 0 Å². The molecule has 2 aliphatic carbocycles. The van der Waals surface area contributed by atoms with Crippen molar-refractivity contribution in [1.29, 1.82) is 0 Å². The van der Waals surface area contributed by atoms with Crippen LogP contribution in [0.25, 0.3) is 0 Å². The fourth-order valence-corrected chi connectivity index (χ4v) is 5.63. The van der Waals surface area contributed by atoms with Crippen molar-refractivity contribution >= 4 is 21.6 Å². The van der Waals surface area contributed by atoms with Gasteiger partial charge in [0.2, 0.25) is 0 Å². The summed E-state index contributed by atoms with van der Waals surface area (Å²) in [6.07, 6.45) is 4.78. The SMILES string of the molecule is COc1ccc(S(=O)(=O)Nc2ccc(C(=O)N[C@@H]3C[C@@H]4CC[C@@H]3C4)cc2)cc1OC. The minimum Gasteiger partial charge on any atom is -0.493 e. The summed E-state index contributed by atoms with van der Waals surface area (Å²) in [5, 5.41) is 3.14. The van der Waals surface area contributed by atoms with E-state index >= 15 is 0 Å². The number of nitrogens with one attached hydrogen (secondary N) is 2. The molecule has 2 aromatic carbocycles. The lowest BCUT2D eigenvalue weighted by Gasteiger charge is -2.22. The van der Waals surface area contributed by atoms with Crippen LogP contribution in [0.15, 0.2) is 47.4 Å². The maximum atomic E-state index is 12.7. The zero-order valence-corrected chi connectivity index (χ0v) is 17.9. The number of amides is 1. The summed E-state index contributed by atoms with van der Waals surface area (Å²) < 4.78 is 38.3. The Labute approximate surface area is 176 Å². The molecule has 0 unspecified atom stereocenters. The molecule has 0 heterocycles. The lowest BCUT2D eigenvalue weighted by molar-refractivity contribution is 0.0923. The Morgan fingerprint density at radius 3 is 2.30 bits per heavy atom. The van der Waals surface area contributed by atoms with Crippen LogP contribution < -0.4 is 19.5 Å². The van der Waals surface area contributed by atoms with Crippen molar-refractivity contribution < 1.29 is 22.7 Å². The van der Waals surface area contributed by atoms with Crippen LogP contribution in [-0.4, -0.2) is 34.6 Å².